The van der Waals surface area contributed by atoms with Crippen molar-refractivity contribution < 1.29 is 9.59 Å². The van der Waals surface area contributed by atoms with Gasteiger partial charge in [0.15, 0.2) is 0 Å². The number of nitriles is 1. The fraction of sp³-hybridized carbons (Fsp3) is 0.318. The van der Waals surface area contributed by atoms with E-state index in [4.69, 9.17) is 5.26 Å². The first-order valence-electron chi connectivity index (χ1n) is 9.52. The molecule has 1 N–H and O–H groups in total. The SMILES string of the molecule is CCN(CC)c1ccc(N2CC(C(=O)Nc3ccc(C#N)cc3)CC2=O)cc1. The Morgan fingerprint density at radius 1 is 1.14 bits per heavy atom. The maximum absolute atomic E-state index is 12.6. The lowest BCUT2D eigenvalue weighted by atomic mass is 10.1. The second kappa shape index (κ2) is 8.57. The zero-order valence-corrected chi connectivity index (χ0v) is 16.2. The largest absolute Gasteiger partial charge is 0.372 e. The van der Waals surface area contributed by atoms with Gasteiger partial charge in [0, 0.05) is 43.1 Å². The van der Waals surface area contributed by atoms with Crippen LogP contribution < -0.4 is 15.1 Å². The molecule has 0 radical (unpaired) electrons. The fourth-order valence-electron chi connectivity index (χ4n) is 3.44. The number of hydrogen-bond donors (Lipinski definition) is 1. The summed E-state index contributed by atoms with van der Waals surface area (Å²) in [6.45, 7) is 6.44. The Kier molecular flexibility index (Phi) is 5.95. The van der Waals surface area contributed by atoms with Gasteiger partial charge in [0.2, 0.25) is 11.8 Å². The zero-order chi connectivity index (χ0) is 20.1. The van der Waals surface area contributed by atoms with Crippen molar-refractivity contribution >= 4 is 28.9 Å². The topological polar surface area (TPSA) is 76.4 Å². The fourth-order valence-corrected chi connectivity index (χ4v) is 3.44. The molecular formula is C22H24N4O2. The Balaban J connectivity index is 1.65. The summed E-state index contributed by atoms with van der Waals surface area (Å²) in [7, 11) is 0. The third-order valence-electron chi connectivity index (χ3n) is 5.07. The van der Waals surface area contributed by atoms with Crippen LogP contribution in [0.3, 0.4) is 0 Å². The molecule has 3 rings (SSSR count). The first kappa shape index (κ1) is 19.4. The number of rotatable bonds is 6. The van der Waals surface area contributed by atoms with Gasteiger partial charge in [-0.2, -0.15) is 5.26 Å². The van der Waals surface area contributed by atoms with Crippen LogP contribution in [-0.2, 0) is 9.59 Å². The van der Waals surface area contributed by atoms with Gasteiger partial charge in [0.1, 0.15) is 0 Å². The lowest BCUT2D eigenvalue weighted by molar-refractivity contribution is -0.122. The molecule has 1 fully saturated rings. The summed E-state index contributed by atoms with van der Waals surface area (Å²) in [6, 6.07) is 16.6. The van der Waals surface area contributed by atoms with Gasteiger partial charge in [0.25, 0.3) is 0 Å². The van der Waals surface area contributed by atoms with Crippen LogP contribution in [0.5, 0.6) is 0 Å². The molecule has 28 heavy (non-hydrogen) atoms. The summed E-state index contributed by atoms with van der Waals surface area (Å²) in [4.78, 5) is 28.9. The second-order valence-electron chi connectivity index (χ2n) is 6.77. The molecule has 2 aromatic rings. The highest BCUT2D eigenvalue weighted by Gasteiger charge is 2.35. The molecule has 1 heterocycles. The van der Waals surface area contributed by atoms with Crippen LogP contribution in [-0.4, -0.2) is 31.4 Å². The molecule has 0 bridgehead atoms. The van der Waals surface area contributed by atoms with E-state index in [1.165, 1.54) is 0 Å². The van der Waals surface area contributed by atoms with Crippen molar-refractivity contribution in [2.75, 3.05) is 34.8 Å². The molecular weight excluding hydrogens is 352 g/mol. The van der Waals surface area contributed by atoms with Crippen LogP contribution in [0.1, 0.15) is 25.8 Å². The number of carbonyl (C=O) groups is 2. The minimum Gasteiger partial charge on any atom is -0.372 e. The Morgan fingerprint density at radius 2 is 1.79 bits per heavy atom. The minimum absolute atomic E-state index is 0.0458. The number of amides is 2. The smallest absolute Gasteiger partial charge is 0.229 e. The van der Waals surface area contributed by atoms with Gasteiger partial charge in [0.05, 0.1) is 17.6 Å². The molecule has 2 amide bonds. The highest BCUT2D eigenvalue weighted by Crippen LogP contribution is 2.28. The third kappa shape index (κ3) is 4.15. The van der Waals surface area contributed by atoms with Crippen molar-refractivity contribution in [3.63, 3.8) is 0 Å². The van der Waals surface area contributed by atoms with Crippen LogP contribution in [0.25, 0.3) is 0 Å². The van der Waals surface area contributed by atoms with E-state index in [0.29, 0.717) is 17.8 Å². The molecule has 0 aliphatic carbocycles. The Bertz CT molecular complexity index is 880. The second-order valence-corrected chi connectivity index (χ2v) is 6.77. The number of benzene rings is 2. The highest BCUT2D eigenvalue weighted by molar-refractivity contribution is 6.03. The Morgan fingerprint density at radius 3 is 2.36 bits per heavy atom. The predicted octanol–water partition coefficient (Wildman–Crippen LogP) is 3.40. The molecule has 0 aromatic heterocycles. The summed E-state index contributed by atoms with van der Waals surface area (Å²) in [5.74, 6) is -0.624. The summed E-state index contributed by atoms with van der Waals surface area (Å²) in [5.41, 5.74) is 3.09. The van der Waals surface area contributed by atoms with E-state index < -0.39 is 5.92 Å². The van der Waals surface area contributed by atoms with Crippen LogP contribution in [0, 0.1) is 17.2 Å². The van der Waals surface area contributed by atoms with Gasteiger partial charge < -0.3 is 15.1 Å². The third-order valence-corrected chi connectivity index (χ3v) is 5.07. The zero-order valence-electron chi connectivity index (χ0n) is 16.2. The summed E-state index contributed by atoms with van der Waals surface area (Å²) in [6.07, 6.45) is 0.194. The van der Waals surface area contributed by atoms with E-state index in [2.05, 4.69) is 24.1 Å². The highest BCUT2D eigenvalue weighted by atomic mass is 16.2. The average Bonchev–Trinajstić information content (AvgIpc) is 3.12. The molecule has 0 saturated carbocycles. The quantitative estimate of drug-likeness (QED) is 0.838. The predicted molar refractivity (Wildman–Crippen MR) is 110 cm³/mol. The van der Waals surface area contributed by atoms with Crippen molar-refractivity contribution in [2.24, 2.45) is 5.92 Å². The Hall–Kier alpha value is -3.33. The van der Waals surface area contributed by atoms with Gasteiger partial charge in [-0.05, 0) is 62.4 Å². The summed E-state index contributed by atoms with van der Waals surface area (Å²) >= 11 is 0. The summed E-state index contributed by atoms with van der Waals surface area (Å²) < 4.78 is 0. The molecule has 1 unspecified atom stereocenters. The van der Waals surface area contributed by atoms with E-state index in [0.717, 1.165) is 24.5 Å². The molecule has 6 nitrogen and oxygen atoms in total. The first-order chi connectivity index (χ1) is 13.5. The van der Waals surface area contributed by atoms with Gasteiger partial charge in [-0.15, -0.1) is 0 Å². The van der Waals surface area contributed by atoms with Crippen molar-refractivity contribution in [3.05, 3.63) is 54.1 Å². The maximum Gasteiger partial charge on any atom is 0.229 e. The van der Waals surface area contributed by atoms with Crippen LogP contribution in [0.4, 0.5) is 17.1 Å². The Labute approximate surface area is 165 Å². The van der Waals surface area contributed by atoms with Gasteiger partial charge in [-0.25, -0.2) is 0 Å². The standard InChI is InChI=1S/C22H24N4O2/c1-3-25(4-2)19-9-11-20(12-10-19)26-15-17(13-21(26)27)22(28)24-18-7-5-16(14-23)6-8-18/h5-12,17H,3-4,13,15H2,1-2H3,(H,24,28). The normalized spacial score (nSPS) is 16.0. The van der Waals surface area contributed by atoms with Crippen LogP contribution >= 0.6 is 0 Å². The van der Waals surface area contributed by atoms with Crippen LogP contribution in [0.2, 0.25) is 0 Å². The van der Waals surface area contributed by atoms with Crippen molar-refractivity contribution in [3.8, 4) is 6.07 Å². The maximum atomic E-state index is 12.6. The lowest BCUT2D eigenvalue weighted by Gasteiger charge is -2.22. The lowest BCUT2D eigenvalue weighted by Crippen LogP contribution is -2.28. The van der Waals surface area contributed by atoms with Gasteiger partial charge >= 0.3 is 0 Å². The molecule has 1 aliphatic rings. The van der Waals surface area contributed by atoms with E-state index in [-0.39, 0.29) is 18.2 Å². The van der Waals surface area contributed by atoms with Crippen molar-refractivity contribution in [1.82, 2.24) is 0 Å². The number of carbonyl (C=O) groups excluding carboxylic acids is 2. The van der Waals surface area contributed by atoms with E-state index in [1.807, 2.05) is 30.3 Å². The minimum atomic E-state index is -0.398. The average molecular weight is 376 g/mol. The molecule has 1 atom stereocenters. The molecule has 6 heteroatoms. The molecule has 2 aromatic carbocycles. The van der Waals surface area contributed by atoms with Crippen LogP contribution in [0.15, 0.2) is 48.5 Å². The van der Waals surface area contributed by atoms with Gasteiger partial charge in [-0.3, -0.25) is 9.59 Å². The van der Waals surface area contributed by atoms with Crippen molar-refractivity contribution in [1.29, 1.82) is 5.26 Å². The number of hydrogen-bond acceptors (Lipinski definition) is 4. The van der Waals surface area contributed by atoms with E-state index in [9.17, 15) is 9.59 Å². The van der Waals surface area contributed by atoms with Gasteiger partial charge in [-0.1, -0.05) is 0 Å². The molecule has 1 aliphatic heterocycles. The monoisotopic (exact) mass is 376 g/mol. The first-order valence-corrected chi connectivity index (χ1v) is 9.52. The molecule has 1 saturated heterocycles. The van der Waals surface area contributed by atoms with E-state index in [1.54, 1.807) is 29.2 Å². The van der Waals surface area contributed by atoms with E-state index >= 15 is 0 Å². The number of anilines is 3. The number of nitrogens with one attached hydrogen (secondary N) is 1. The molecule has 0 spiro atoms. The van der Waals surface area contributed by atoms with Crippen molar-refractivity contribution in [2.45, 2.75) is 20.3 Å². The number of nitrogens with zero attached hydrogens (tertiary/aromatic N) is 3. The summed E-state index contributed by atoms with van der Waals surface area (Å²) in [5, 5.41) is 11.7. The molecule has 144 valence electrons.